The Morgan fingerprint density at radius 2 is 1.94 bits per heavy atom. The van der Waals surface area contributed by atoms with Crippen molar-refractivity contribution in [1.82, 2.24) is 0 Å². The standard InChI is InChI=1S/C26H39N3O2/c1-3-4-13-22(30)20(16-17-14-15-17)25(31)24-26(27)29(2)21-12-8-7-11-19(21)23(28-24)18-9-5-6-10-18/h7-8,11-12,17-18,20,22,24,26,30H,3-6,9-10,13-16,27H2,1-2H3. The molecule has 4 unspecified atom stereocenters. The monoisotopic (exact) mass is 425 g/mol. The van der Waals surface area contributed by atoms with Crippen LogP contribution in [-0.2, 0) is 4.79 Å². The van der Waals surface area contributed by atoms with Crippen LogP contribution in [0.1, 0.15) is 76.7 Å². The number of benzene rings is 1. The first-order valence-electron chi connectivity index (χ1n) is 12.4. The van der Waals surface area contributed by atoms with Crippen LogP contribution < -0.4 is 10.6 Å². The van der Waals surface area contributed by atoms with Gasteiger partial charge in [-0.2, -0.15) is 0 Å². The number of hydrogen-bond acceptors (Lipinski definition) is 5. The molecule has 2 saturated carbocycles. The lowest BCUT2D eigenvalue weighted by atomic mass is 9.84. The van der Waals surface area contributed by atoms with Crippen molar-refractivity contribution in [1.29, 1.82) is 0 Å². The van der Waals surface area contributed by atoms with Crippen LogP contribution in [0.2, 0.25) is 0 Å². The van der Waals surface area contributed by atoms with Crippen molar-refractivity contribution in [3.8, 4) is 0 Å². The van der Waals surface area contributed by atoms with E-state index in [4.69, 9.17) is 10.7 Å². The van der Waals surface area contributed by atoms with Gasteiger partial charge >= 0.3 is 0 Å². The van der Waals surface area contributed by atoms with E-state index in [1.165, 1.54) is 25.7 Å². The molecule has 4 atom stereocenters. The molecule has 0 saturated heterocycles. The number of likely N-dealkylation sites (N-methyl/N-ethyl adjacent to an activating group) is 1. The van der Waals surface area contributed by atoms with E-state index in [2.05, 4.69) is 25.1 Å². The van der Waals surface area contributed by atoms with Crippen LogP contribution in [-0.4, -0.2) is 42.0 Å². The summed E-state index contributed by atoms with van der Waals surface area (Å²) in [6, 6.07) is 7.66. The summed E-state index contributed by atoms with van der Waals surface area (Å²) >= 11 is 0. The first-order chi connectivity index (χ1) is 15.0. The van der Waals surface area contributed by atoms with Crippen LogP contribution in [0, 0.1) is 17.8 Å². The van der Waals surface area contributed by atoms with Crippen LogP contribution in [0.4, 0.5) is 5.69 Å². The molecule has 0 spiro atoms. The number of benzodiazepines with no additional fused rings is 1. The van der Waals surface area contributed by atoms with Gasteiger partial charge in [0, 0.05) is 35.8 Å². The molecule has 170 valence electrons. The number of aliphatic imine (C=N–C) groups is 1. The van der Waals surface area contributed by atoms with Gasteiger partial charge in [-0.15, -0.1) is 0 Å². The number of para-hydroxylation sites is 1. The predicted octanol–water partition coefficient (Wildman–Crippen LogP) is 4.31. The van der Waals surface area contributed by atoms with Gasteiger partial charge < -0.3 is 15.7 Å². The van der Waals surface area contributed by atoms with Crippen LogP contribution >= 0.6 is 0 Å². The minimum Gasteiger partial charge on any atom is -0.392 e. The Balaban J connectivity index is 1.69. The number of Topliss-reactive ketones (excluding diaryl/α,β-unsaturated/α-hetero) is 1. The van der Waals surface area contributed by atoms with Crippen molar-refractivity contribution in [3.05, 3.63) is 29.8 Å². The molecule has 0 aromatic heterocycles. The van der Waals surface area contributed by atoms with Crippen LogP contribution in [0.5, 0.6) is 0 Å². The minimum atomic E-state index is -0.631. The molecule has 5 nitrogen and oxygen atoms in total. The highest BCUT2D eigenvalue weighted by molar-refractivity contribution is 6.09. The highest BCUT2D eigenvalue weighted by Crippen LogP contribution is 2.39. The average molecular weight is 426 g/mol. The van der Waals surface area contributed by atoms with Crippen molar-refractivity contribution in [2.45, 2.75) is 89.4 Å². The number of anilines is 1. The smallest absolute Gasteiger partial charge is 0.166 e. The molecule has 3 N–H and O–H groups in total. The van der Waals surface area contributed by atoms with E-state index >= 15 is 0 Å². The van der Waals surface area contributed by atoms with Crippen molar-refractivity contribution in [2.75, 3.05) is 11.9 Å². The van der Waals surface area contributed by atoms with E-state index in [9.17, 15) is 9.90 Å². The number of rotatable bonds is 9. The van der Waals surface area contributed by atoms with Gasteiger partial charge in [-0.05, 0) is 37.7 Å². The van der Waals surface area contributed by atoms with Crippen molar-refractivity contribution >= 4 is 17.2 Å². The molecule has 4 rings (SSSR count). The fraction of sp³-hybridized carbons (Fsp3) is 0.692. The van der Waals surface area contributed by atoms with Crippen LogP contribution in [0.25, 0.3) is 0 Å². The van der Waals surface area contributed by atoms with E-state index in [1.807, 2.05) is 18.0 Å². The second-order valence-electron chi connectivity index (χ2n) is 9.96. The van der Waals surface area contributed by atoms with E-state index < -0.39 is 18.3 Å². The first-order valence-corrected chi connectivity index (χ1v) is 12.4. The molecule has 0 bridgehead atoms. The molecule has 2 aliphatic carbocycles. The molecule has 1 heterocycles. The molecular formula is C26H39N3O2. The summed E-state index contributed by atoms with van der Waals surface area (Å²) in [5, 5.41) is 11.0. The molecule has 0 amide bonds. The van der Waals surface area contributed by atoms with Gasteiger partial charge in [0.15, 0.2) is 5.78 Å². The zero-order valence-corrected chi connectivity index (χ0v) is 19.2. The normalized spacial score (nSPS) is 26.2. The second-order valence-corrected chi connectivity index (χ2v) is 9.96. The molecule has 5 heteroatoms. The molecule has 2 fully saturated rings. The Hall–Kier alpha value is -1.72. The third-order valence-electron chi connectivity index (χ3n) is 7.61. The number of hydrogen-bond donors (Lipinski definition) is 2. The fourth-order valence-electron chi connectivity index (χ4n) is 5.43. The van der Waals surface area contributed by atoms with Gasteiger partial charge in [0.1, 0.15) is 12.2 Å². The van der Waals surface area contributed by atoms with Crippen LogP contribution in [0.3, 0.4) is 0 Å². The molecule has 1 aliphatic heterocycles. The van der Waals surface area contributed by atoms with Crippen molar-refractivity contribution in [3.63, 3.8) is 0 Å². The predicted molar refractivity (Wildman–Crippen MR) is 126 cm³/mol. The largest absolute Gasteiger partial charge is 0.392 e. The van der Waals surface area contributed by atoms with E-state index in [0.717, 1.165) is 49.1 Å². The molecule has 1 aromatic carbocycles. The lowest BCUT2D eigenvalue weighted by Crippen LogP contribution is -2.53. The summed E-state index contributed by atoms with van der Waals surface area (Å²) in [5.41, 5.74) is 9.93. The van der Waals surface area contributed by atoms with E-state index in [1.54, 1.807) is 0 Å². The number of fused-ring (bicyclic) bond motifs is 1. The number of aliphatic hydroxyl groups excluding tert-OH is 1. The third-order valence-corrected chi connectivity index (χ3v) is 7.61. The van der Waals surface area contributed by atoms with E-state index in [-0.39, 0.29) is 11.7 Å². The summed E-state index contributed by atoms with van der Waals surface area (Å²) in [4.78, 5) is 21.1. The van der Waals surface area contributed by atoms with Gasteiger partial charge in [0.05, 0.1) is 6.10 Å². The summed E-state index contributed by atoms with van der Waals surface area (Å²) in [6.45, 7) is 2.12. The molecule has 3 aliphatic rings. The first kappa shape index (κ1) is 22.5. The molecule has 0 radical (unpaired) electrons. The minimum absolute atomic E-state index is 0.0400. The Bertz CT molecular complexity index is 798. The summed E-state index contributed by atoms with van der Waals surface area (Å²) in [5.74, 6) is 0.638. The average Bonchev–Trinajstić information content (AvgIpc) is 3.47. The maximum Gasteiger partial charge on any atom is 0.166 e. The Morgan fingerprint density at radius 3 is 2.61 bits per heavy atom. The van der Waals surface area contributed by atoms with Gasteiger partial charge in [0.25, 0.3) is 0 Å². The van der Waals surface area contributed by atoms with Gasteiger partial charge in [-0.1, -0.05) is 63.6 Å². The van der Waals surface area contributed by atoms with Gasteiger partial charge in [-0.25, -0.2) is 0 Å². The second kappa shape index (κ2) is 9.83. The Kier molecular flexibility index (Phi) is 7.12. The fourth-order valence-corrected chi connectivity index (χ4v) is 5.43. The Labute approximate surface area is 187 Å². The zero-order valence-electron chi connectivity index (χ0n) is 19.2. The summed E-state index contributed by atoms with van der Waals surface area (Å²) < 4.78 is 0. The number of carbonyl (C=O) groups excluding carboxylic acids is 1. The molecular weight excluding hydrogens is 386 g/mol. The number of unbranched alkanes of at least 4 members (excludes halogenated alkanes) is 1. The van der Waals surface area contributed by atoms with Gasteiger partial charge in [0.2, 0.25) is 0 Å². The number of nitrogens with two attached hydrogens (primary N) is 1. The van der Waals surface area contributed by atoms with Gasteiger partial charge in [-0.3, -0.25) is 9.79 Å². The maximum atomic E-state index is 13.9. The molecule has 1 aromatic rings. The highest BCUT2D eigenvalue weighted by atomic mass is 16.3. The summed E-state index contributed by atoms with van der Waals surface area (Å²) in [6.07, 6.45) is 9.31. The quantitative estimate of drug-likeness (QED) is 0.618. The highest BCUT2D eigenvalue weighted by Gasteiger charge is 2.42. The maximum absolute atomic E-state index is 13.9. The zero-order chi connectivity index (χ0) is 22.0. The lowest BCUT2D eigenvalue weighted by molar-refractivity contribution is -0.128. The van der Waals surface area contributed by atoms with Crippen molar-refractivity contribution in [2.24, 2.45) is 28.5 Å². The number of ketones is 1. The SMILES string of the molecule is CCCCC(O)C(CC1CC1)C(=O)C1N=C(C2CCCC2)c2ccccc2N(C)C1N. The topological polar surface area (TPSA) is 78.9 Å². The summed E-state index contributed by atoms with van der Waals surface area (Å²) in [7, 11) is 1.97. The lowest BCUT2D eigenvalue weighted by Gasteiger charge is -2.32. The van der Waals surface area contributed by atoms with Crippen molar-refractivity contribution < 1.29 is 9.90 Å². The Morgan fingerprint density at radius 1 is 1.23 bits per heavy atom. The number of carbonyl (C=O) groups is 1. The van der Waals surface area contributed by atoms with E-state index in [0.29, 0.717) is 18.3 Å². The third kappa shape index (κ3) is 4.88. The number of aliphatic hydroxyl groups is 1. The number of nitrogens with zero attached hydrogens (tertiary/aromatic N) is 2. The van der Waals surface area contributed by atoms with Crippen LogP contribution in [0.15, 0.2) is 29.3 Å². The molecule has 31 heavy (non-hydrogen) atoms.